The summed E-state index contributed by atoms with van der Waals surface area (Å²) in [5, 5.41) is 10.1. The van der Waals surface area contributed by atoms with Gasteiger partial charge in [0.1, 0.15) is 0 Å². The van der Waals surface area contributed by atoms with Gasteiger partial charge in [0.25, 0.3) is 0 Å². The van der Waals surface area contributed by atoms with Crippen LogP contribution in [-0.4, -0.2) is 35.5 Å². The fourth-order valence-corrected chi connectivity index (χ4v) is 1.72. The van der Waals surface area contributed by atoms with Gasteiger partial charge in [-0.1, -0.05) is 24.3 Å². The molecule has 2 aromatic rings. The number of nitrogens with two attached hydrogens (primary N) is 1. The lowest BCUT2D eigenvalue weighted by molar-refractivity contribution is -0.0510. The van der Waals surface area contributed by atoms with Gasteiger partial charge >= 0.3 is 21.6 Å². The van der Waals surface area contributed by atoms with E-state index in [9.17, 15) is 22.8 Å². The van der Waals surface area contributed by atoms with E-state index in [1.165, 1.54) is 12.1 Å². The molecule has 0 aliphatic rings. The summed E-state index contributed by atoms with van der Waals surface area (Å²) in [7, 11) is -5.84. The van der Waals surface area contributed by atoms with Gasteiger partial charge in [-0.25, -0.2) is 4.79 Å². The molecule has 0 spiro atoms. The van der Waals surface area contributed by atoms with Crippen molar-refractivity contribution in [2.24, 2.45) is 5.73 Å². The second-order valence-corrected chi connectivity index (χ2v) is 5.71. The van der Waals surface area contributed by atoms with Gasteiger partial charge < -0.3 is 10.8 Å². The zero-order valence-corrected chi connectivity index (χ0v) is 12.4. The van der Waals surface area contributed by atoms with E-state index in [-0.39, 0.29) is 11.1 Å². The van der Waals surface area contributed by atoms with E-state index in [1.54, 1.807) is 24.3 Å². The first kappa shape index (κ1) is 19.4. The standard InChI is InChI=1S/C12H9NO3.CHF3O3S/c13-11(14)8-5-1-3-7-4-2-6-9(10(7)8)12(15)16;2-1(3,4)8(5,6)7/h1-6H,(H2,13,14)(H,15,16);(H,5,6,7). The van der Waals surface area contributed by atoms with Crippen molar-refractivity contribution in [2.45, 2.75) is 5.51 Å². The third-order valence-corrected chi connectivity index (χ3v) is 3.28. The van der Waals surface area contributed by atoms with E-state index in [1.807, 2.05) is 0 Å². The molecule has 0 bridgehead atoms. The summed E-state index contributed by atoms with van der Waals surface area (Å²) in [4.78, 5) is 22.3. The van der Waals surface area contributed by atoms with Gasteiger partial charge in [-0.05, 0) is 17.5 Å². The lowest BCUT2D eigenvalue weighted by atomic mass is 9.99. The molecule has 0 aliphatic carbocycles. The normalized spacial score (nSPS) is 11.5. The molecule has 2 aromatic carbocycles. The second kappa shape index (κ2) is 6.84. The molecule has 130 valence electrons. The van der Waals surface area contributed by atoms with Crippen LogP contribution in [0, 0.1) is 0 Å². The molecule has 0 aromatic heterocycles. The minimum Gasteiger partial charge on any atom is -0.478 e. The molecule has 0 saturated heterocycles. The maximum atomic E-state index is 11.2. The van der Waals surface area contributed by atoms with Crippen molar-refractivity contribution in [3.8, 4) is 0 Å². The first-order chi connectivity index (χ1) is 10.9. The van der Waals surface area contributed by atoms with Crippen molar-refractivity contribution >= 4 is 32.8 Å². The van der Waals surface area contributed by atoms with Crippen LogP contribution in [-0.2, 0) is 10.1 Å². The third kappa shape index (κ3) is 4.43. The highest BCUT2D eigenvalue weighted by molar-refractivity contribution is 7.86. The summed E-state index contributed by atoms with van der Waals surface area (Å²) >= 11 is 0. The number of carbonyl (C=O) groups is 2. The molecule has 0 radical (unpaired) electrons. The number of carboxylic acid groups (broad SMARTS) is 1. The Bertz CT molecular complexity index is 843. The number of primary amides is 1. The first-order valence-corrected chi connectivity index (χ1v) is 7.39. The van der Waals surface area contributed by atoms with Gasteiger partial charge in [0, 0.05) is 10.9 Å². The maximum absolute atomic E-state index is 11.2. The van der Waals surface area contributed by atoms with E-state index in [4.69, 9.17) is 23.8 Å². The fourth-order valence-electron chi connectivity index (χ4n) is 1.72. The van der Waals surface area contributed by atoms with Crippen LogP contribution < -0.4 is 5.73 Å². The highest BCUT2D eigenvalue weighted by Crippen LogP contribution is 2.23. The van der Waals surface area contributed by atoms with Crippen LogP contribution in [0.1, 0.15) is 20.7 Å². The molecular weight excluding hydrogens is 355 g/mol. The minimum atomic E-state index is -5.84. The molecule has 0 heterocycles. The minimum absolute atomic E-state index is 0.0897. The van der Waals surface area contributed by atoms with Crippen molar-refractivity contribution < 1.29 is 40.8 Å². The number of amides is 1. The maximum Gasteiger partial charge on any atom is 0.522 e. The second-order valence-electron chi connectivity index (χ2n) is 4.30. The molecule has 1 amide bonds. The van der Waals surface area contributed by atoms with Crippen LogP contribution in [0.4, 0.5) is 13.2 Å². The van der Waals surface area contributed by atoms with Crippen LogP contribution in [0.3, 0.4) is 0 Å². The zero-order chi connectivity index (χ0) is 18.7. The van der Waals surface area contributed by atoms with Gasteiger partial charge in [0.2, 0.25) is 5.91 Å². The number of hydrogen-bond acceptors (Lipinski definition) is 4. The number of rotatable bonds is 2. The molecule has 11 heteroatoms. The quantitative estimate of drug-likeness (QED) is 0.550. The van der Waals surface area contributed by atoms with Gasteiger partial charge in [-0.15, -0.1) is 0 Å². The number of carboxylic acids is 1. The Hall–Kier alpha value is -2.66. The number of fused-ring (bicyclic) bond motifs is 1. The summed E-state index contributed by atoms with van der Waals surface area (Å²) in [5.41, 5.74) is 0.00396. The van der Waals surface area contributed by atoms with Gasteiger partial charge in [-0.3, -0.25) is 9.35 Å². The molecule has 0 fully saturated rings. The average Bonchev–Trinajstić information content (AvgIpc) is 2.44. The number of alkyl halides is 3. The van der Waals surface area contributed by atoms with Crippen LogP contribution >= 0.6 is 0 Å². The largest absolute Gasteiger partial charge is 0.522 e. The van der Waals surface area contributed by atoms with Crippen molar-refractivity contribution in [3.63, 3.8) is 0 Å². The van der Waals surface area contributed by atoms with Gasteiger partial charge in [0.15, 0.2) is 0 Å². The number of carbonyl (C=O) groups excluding carboxylic acids is 1. The van der Waals surface area contributed by atoms with Crippen molar-refractivity contribution in [2.75, 3.05) is 0 Å². The summed E-state index contributed by atoms with van der Waals surface area (Å²) in [6.45, 7) is 0. The summed E-state index contributed by atoms with van der Waals surface area (Å²) < 4.78 is 57.5. The van der Waals surface area contributed by atoms with E-state index in [0.717, 1.165) is 0 Å². The van der Waals surface area contributed by atoms with E-state index >= 15 is 0 Å². The lowest BCUT2D eigenvalue weighted by Crippen LogP contribution is -2.21. The monoisotopic (exact) mass is 365 g/mol. The number of hydrogen-bond donors (Lipinski definition) is 3. The molecule has 0 aliphatic heterocycles. The predicted molar refractivity (Wildman–Crippen MR) is 77.0 cm³/mol. The van der Waals surface area contributed by atoms with Gasteiger partial charge in [-0.2, -0.15) is 21.6 Å². The van der Waals surface area contributed by atoms with Crippen molar-refractivity contribution in [3.05, 3.63) is 47.5 Å². The molecule has 0 atom stereocenters. The Kier molecular flexibility index (Phi) is 5.53. The average molecular weight is 365 g/mol. The van der Waals surface area contributed by atoms with E-state index in [0.29, 0.717) is 10.8 Å². The zero-order valence-electron chi connectivity index (χ0n) is 11.6. The van der Waals surface area contributed by atoms with Crippen LogP contribution in [0.25, 0.3) is 10.8 Å². The number of benzene rings is 2. The highest BCUT2D eigenvalue weighted by Gasteiger charge is 2.44. The molecule has 7 nitrogen and oxygen atoms in total. The van der Waals surface area contributed by atoms with E-state index < -0.39 is 27.5 Å². The molecule has 24 heavy (non-hydrogen) atoms. The topological polar surface area (TPSA) is 135 Å². The molecule has 0 unspecified atom stereocenters. The summed E-state index contributed by atoms with van der Waals surface area (Å²) in [5.74, 6) is -1.70. The molecular formula is C13H10F3NO6S. The Morgan fingerprint density at radius 1 is 1.00 bits per heavy atom. The smallest absolute Gasteiger partial charge is 0.478 e. The Morgan fingerprint density at radius 2 is 1.42 bits per heavy atom. The lowest BCUT2D eigenvalue weighted by Gasteiger charge is -2.06. The van der Waals surface area contributed by atoms with Crippen molar-refractivity contribution in [1.82, 2.24) is 0 Å². The SMILES string of the molecule is NC(=O)c1cccc2cccc(C(=O)O)c12.O=S(=O)(O)C(F)(F)F. The fraction of sp³-hybridized carbons (Fsp3) is 0.0769. The number of aromatic carboxylic acids is 1. The van der Waals surface area contributed by atoms with Crippen LogP contribution in [0.15, 0.2) is 36.4 Å². The Labute approximate surface area is 133 Å². The van der Waals surface area contributed by atoms with Crippen LogP contribution in [0.2, 0.25) is 0 Å². The van der Waals surface area contributed by atoms with Gasteiger partial charge in [0.05, 0.1) is 5.56 Å². The van der Waals surface area contributed by atoms with Crippen molar-refractivity contribution in [1.29, 1.82) is 0 Å². The molecule has 2 rings (SSSR count). The highest BCUT2D eigenvalue weighted by atomic mass is 32.2. The number of halogens is 3. The third-order valence-electron chi connectivity index (χ3n) is 2.69. The molecule has 0 saturated carbocycles. The van der Waals surface area contributed by atoms with Crippen LogP contribution in [0.5, 0.6) is 0 Å². The first-order valence-electron chi connectivity index (χ1n) is 5.95. The predicted octanol–water partition coefficient (Wildman–Crippen LogP) is 2.03. The summed E-state index contributed by atoms with van der Waals surface area (Å²) in [6.07, 6.45) is 0. The Morgan fingerprint density at radius 3 is 1.75 bits per heavy atom. The van der Waals surface area contributed by atoms with E-state index in [2.05, 4.69) is 0 Å². The summed E-state index contributed by atoms with van der Waals surface area (Å²) in [6, 6.07) is 9.78. The molecule has 4 N–H and O–H groups in total. The Balaban J connectivity index is 0.000000307.